The summed E-state index contributed by atoms with van der Waals surface area (Å²) in [5, 5.41) is 22.6. The van der Waals surface area contributed by atoms with E-state index >= 15 is 0 Å². The Morgan fingerprint density at radius 2 is 2.00 bits per heavy atom. The number of aromatic hydroxyl groups is 1. The van der Waals surface area contributed by atoms with Crippen LogP contribution < -0.4 is 10.7 Å². The van der Waals surface area contributed by atoms with Gasteiger partial charge in [-0.1, -0.05) is 6.07 Å². The molecule has 0 saturated heterocycles. The molecule has 0 radical (unpaired) electrons. The van der Waals surface area contributed by atoms with Gasteiger partial charge in [-0.05, 0) is 18.9 Å². The average molecular weight is 419 g/mol. The minimum absolute atomic E-state index is 0.0161. The summed E-state index contributed by atoms with van der Waals surface area (Å²) in [6.07, 6.45) is 1.19. The number of benzene rings is 1. The highest BCUT2D eigenvalue weighted by atomic mass is 19.1. The molecule has 2 amide bonds. The number of nitrogens with zero attached hydrogens (tertiary/aromatic N) is 2. The highest BCUT2D eigenvalue weighted by molar-refractivity contribution is 5.99. The van der Waals surface area contributed by atoms with Gasteiger partial charge in [0, 0.05) is 38.0 Å². The lowest BCUT2D eigenvalue weighted by Crippen LogP contribution is -2.61. The van der Waals surface area contributed by atoms with Gasteiger partial charge in [-0.15, -0.1) is 0 Å². The highest BCUT2D eigenvalue weighted by Crippen LogP contribution is 2.44. The molecule has 3 N–H and O–H groups in total. The number of carbonyl (C=O) groups is 2. The molecule has 1 aromatic heterocycles. The summed E-state index contributed by atoms with van der Waals surface area (Å²) in [6.45, 7) is -0.0571. The number of aromatic nitrogens is 1. The Balaban J connectivity index is 1.70. The summed E-state index contributed by atoms with van der Waals surface area (Å²) < 4.78 is 28.2. The van der Waals surface area contributed by atoms with E-state index in [0.717, 1.165) is 6.07 Å². The lowest BCUT2D eigenvalue weighted by molar-refractivity contribution is -0.0453. The van der Waals surface area contributed by atoms with Crippen molar-refractivity contribution in [1.82, 2.24) is 14.8 Å². The number of aliphatic hydroxyl groups is 1. The van der Waals surface area contributed by atoms with Gasteiger partial charge in [0.05, 0.1) is 11.6 Å². The average Bonchev–Trinajstić information content (AvgIpc) is 2.66. The van der Waals surface area contributed by atoms with Gasteiger partial charge < -0.3 is 25.0 Å². The predicted octanol–water partition coefficient (Wildman–Crippen LogP) is 0.698. The molecule has 0 unspecified atom stereocenters. The van der Waals surface area contributed by atoms with E-state index in [1.54, 1.807) is 0 Å². The summed E-state index contributed by atoms with van der Waals surface area (Å²) >= 11 is 0. The van der Waals surface area contributed by atoms with Crippen LogP contribution >= 0.6 is 0 Å². The maximum atomic E-state index is 13.8. The molecule has 0 atom stereocenters. The van der Waals surface area contributed by atoms with E-state index in [1.165, 1.54) is 28.8 Å². The first-order chi connectivity index (χ1) is 14.1. The second-order valence-electron chi connectivity index (χ2n) is 7.81. The van der Waals surface area contributed by atoms with Crippen LogP contribution in [-0.2, 0) is 12.1 Å². The van der Waals surface area contributed by atoms with Crippen molar-refractivity contribution in [1.29, 1.82) is 0 Å². The smallest absolute Gasteiger partial charge is 0.274 e. The second-order valence-corrected chi connectivity index (χ2v) is 7.81. The van der Waals surface area contributed by atoms with Crippen LogP contribution in [0.1, 0.15) is 39.3 Å². The van der Waals surface area contributed by atoms with E-state index in [1.807, 2.05) is 0 Å². The first-order valence-electron chi connectivity index (χ1n) is 9.28. The molecule has 2 aromatic rings. The van der Waals surface area contributed by atoms with Crippen molar-refractivity contribution in [2.45, 2.75) is 31.0 Å². The number of carbonyl (C=O) groups excluding carboxylic acids is 2. The van der Waals surface area contributed by atoms with Crippen LogP contribution in [0.25, 0.3) is 0 Å². The lowest BCUT2D eigenvalue weighted by Gasteiger charge is -2.52. The summed E-state index contributed by atoms with van der Waals surface area (Å²) in [5.74, 6) is -3.92. The van der Waals surface area contributed by atoms with Crippen molar-refractivity contribution in [2.75, 3.05) is 13.6 Å². The van der Waals surface area contributed by atoms with E-state index in [4.69, 9.17) is 0 Å². The molecule has 4 rings (SSSR count). The maximum absolute atomic E-state index is 13.8. The highest BCUT2D eigenvalue weighted by Gasteiger charge is 2.51. The molecule has 1 aliphatic carbocycles. The van der Waals surface area contributed by atoms with E-state index in [0.29, 0.717) is 18.9 Å². The van der Waals surface area contributed by atoms with Gasteiger partial charge in [0.2, 0.25) is 5.43 Å². The SMILES string of the molecule is CN1C[C@]2(C[C@H](O)C2)n2cc(C(=O)NCc3ccc(F)cc3F)c(=O)c(O)c2C1=O. The zero-order chi connectivity index (χ0) is 21.8. The Hall–Kier alpha value is -3.27. The third-order valence-electron chi connectivity index (χ3n) is 5.71. The number of rotatable bonds is 3. The quantitative estimate of drug-likeness (QED) is 0.678. The molecule has 2 aliphatic rings. The van der Waals surface area contributed by atoms with Crippen LogP contribution in [0, 0.1) is 11.6 Å². The monoisotopic (exact) mass is 419 g/mol. The zero-order valence-electron chi connectivity index (χ0n) is 16.0. The molecule has 30 heavy (non-hydrogen) atoms. The van der Waals surface area contributed by atoms with Crippen molar-refractivity contribution < 1.29 is 28.6 Å². The van der Waals surface area contributed by atoms with Gasteiger partial charge in [0.25, 0.3) is 11.8 Å². The van der Waals surface area contributed by atoms with Crippen molar-refractivity contribution >= 4 is 11.8 Å². The summed E-state index contributed by atoms with van der Waals surface area (Å²) in [7, 11) is 1.53. The zero-order valence-corrected chi connectivity index (χ0v) is 16.0. The van der Waals surface area contributed by atoms with Crippen molar-refractivity contribution in [2.24, 2.45) is 0 Å². The van der Waals surface area contributed by atoms with Gasteiger partial charge in [-0.25, -0.2) is 8.78 Å². The summed E-state index contributed by atoms with van der Waals surface area (Å²) in [6, 6.07) is 2.88. The van der Waals surface area contributed by atoms with Crippen LogP contribution in [0.2, 0.25) is 0 Å². The number of halogens is 2. The van der Waals surface area contributed by atoms with E-state index < -0.39 is 51.8 Å². The number of likely N-dealkylation sites (N-methyl/N-ethyl adjacent to an activating group) is 1. The summed E-state index contributed by atoms with van der Waals surface area (Å²) in [4.78, 5) is 39.1. The molecule has 158 valence electrons. The fourth-order valence-corrected chi connectivity index (χ4v) is 4.19. The van der Waals surface area contributed by atoms with Gasteiger partial charge in [0.15, 0.2) is 11.4 Å². The van der Waals surface area contributed by atoms with Gasteiger partial charge in [-0.2, -0.15) is 0 Å². The maximum Gasteiger partial charge on any atom is 0.274 e. The van der Waals surface area contributed by atoms with Gasteiger partial charge >= 0.3 is 0 Å². The largest absolute Gasteiger partial charge is 0.503 e. The number of nitrogens with one attached hydrogen (secondary N) is 1. The van der Waals surface area contributed by atoms with E-state index in [9.17, 15) is 33.4 Å². The van der Waals surface area contributed by atoms with Crippen LogP contribution in [0.4, 0.5) is 8.78 Å². The number of amides is 2. The van der Waals surface area contributed by atoms with E-state index in [2.05, 4.69) is 5.32 Å². The Bertz CT molecular complexity index is 1120. The van der Waals surface area contributed by atoms with Gasteiger partial charge in [-0.3, -0.25) is 14.4 Å². The third-order valence-corrected chi connectivity index (χ3v) is 5.71. The lowest BCUT2D eigenvalue weighted by atomic mass is 9.72. The fraction of sp³-hybridized carbons (Fsp3) is 0.350. The normalized spacial score (nSPS) is 22.6. The number of fused-ring (bicyclic) bond motifs is 2. The third kappa shape index (κ3) is 3.04. The molecular weight excluding hydrogens is 400 g/mol. The number of hydrogen-bond acceptors (Lipinski definition) is 5. The van der Waals surface area contributed by atoms with Crippen LogP contribution in [0.5, 0.6) is 5.75 Å². The molecule has 1 aliphatic heterocycles. The molecular formula is C20H19F2N3O5. The molecule has 2 heterocycles. The number of pyridine rings is 1. The number of aliphatic hydroxyl groups excluding tert-OH is 1. The van der Waals surface area contributed by atoms with Crippen LogP contribution in [-0.4, -0.2) is 51.2 Å². The standard InChI is InChI=1S/C20H19F2N3O5/c1-24-9-20(5-12(26)6-20)25-8-13(16(27)17(28)15(25)19(24)30)18(29)23-7-10-2-3-11(21)4-14(10)22/h2-4,8,12,26,28H,5-7,9H2,1H3,(H,23,29)/t12-,20+. The molecule has 1 fully saturated rings. The molecule has 10 heteroatoms. The molecule has 1 aromatic carbocycles. The van der Waals surface area contributed by atoms with Crippen molar-refractivity contribution in [3.63, 3.8) is 0 Å². The predicted molar refractivity (Wildman–Crippen MR) is 100 cm³/mol. The Labute approximate surface area is 169 Å². The molecule has 8 nitrogen and oxygen atoms in total. The topological polar surface area (TPSA) is 112 Å². The molecule has 1 saturated carbocycles. The van der Waals surface area contributed by atoms with Crippen LogP contribution in [0.3, 0.4) is 0 Å². The summed E-state index contributed by atoms with van der Waals surface area (Å²) in [5.41, 5.74) is -2.40. The fourth-order valence-electron chi connectivity index (χ4n) is 4.19. The first-order valence-corrected chi connectivity index (χ1v) is 9.28. The van der Waals surface area contributed by atoms with Crippen LogP contribution in [0.15, 0.2) is 29.2 Å². The Morgan fingerprint density at radius 3 is 2.63 bits per heavy atom. The Kier molecular flexibility index (Phi) is 4.61. The first kappa shape index (κ1) is 20.0. The van der Waals surface area contributed by atoms with E-state index in [-0.39, 0.29) is 24.3 Å². The second kappa shape index (κ2) is 6.91. The Morgan fingerprint density at radius 1 is 1.30 bits per heavy atom. The minimum atomic E-state index is -1.03. The van der Waals surface area contributed by atoms with Gasteiger partial charge in [0.1, 0.15) is 17.2 Å². The minimum Gasteiger partial charge on any atom is -0.503 e. The van der Waals surface area contributed by atoms with Crippen molar-refractivity contribution in [3.8, 4) is 5.75 Å². The molecule has 0 bridgehead atoms. The number of hydrogen-bond donors (Lipinski definition) is 3. The molecule has 1 spiro atoms. The van der Waals surface area contributed by atoms with Crippen molar-refractivity contribution in [3.05, 3.63) is 63.1 Å².